The Kier molecular flexibility index (Phi) is 17.4. The van der Waals surface area contributed by atoms with Crippen LogP contribution in [0.2, 0.25) is 0 Å². The molecule has 0 aromatic rings. The molecule has 2 fully saturated rings. The van der Waals surface area contributed by atoms with Crippen molar-refractivity contribution >= 4 is 23.5 Å². The van der Waals surface area contributed by atoms with Crippen LogP contribution < -0.4 is 16.0 Å². The predicted octanol–water partition coefficient (Wildman–Crippen LogP) is -3.43. The first-order chi connectivity index (χ1) is 21.8. The molecule has 17 heteroatoms. The van der Waals surface area contributed by atoms with Crippen LogP contribution in [0.4, 0.5) is 0 Å². The van der Waals surface area contributed by atoms with Crippen LogP contribution in [0.3, 0.4) is 0 Å². The van der Waals surface area contributed by atoms with Gasteiger partial charge in [0.2, 0.25) is 17.7 Å². The van der Waals surface area contributed by atoms with E-state index in [1.165, 1.54) is 13.8 Å². The number of carbonyl (C=O) groups excluding carboxylic acids is 4. The molecular formula is C29H51N3O14. The molecule has 17 nitrogen and oxygen atoms in total. The van der Waals surface area contributed by atoms with E-state index >= 15 is 0 Å². The third-order valence-electron chi connectivity index (χ3n) is 7.77. The van der Waals surface area contributed by atoms with Crippen molar-refractivity contribution in [2.45, 2.75) is 121 Å². The zero-order valence-corrected chi connectivity index (χ0v) is 26.6. The van der Waals surface area contributed by atoms with Gasteiger partial charge in [0.25, 0.3) is 0 Å². The summed E-state index contributed by atoms with van der Waals surface area (Å²) in [7, 11) is 0. The van der Waals surface area contributed by atoms with E-state index in [1.807, 2.05) is 0 Å². The molecule has 2 aliphatic rings. The smallest absolute Gasteiger partial charge is 0.224 e. The Hall–Kier alpha value is -2.32. The number of unbranched alkanes of at least 4 members (excludes halogenated alkanes) is 1. The molecule has 2 aliphatic heterocycles. The summed E-state index contributed by atoms with van der Waals surface area (Å²) < 4.78 is 21.5. The van der Waals surface area contributed by atoms with E-state index < -0.39 is 79.1 Å². The molecule has 0 spiro atoms. The standard InChI is InChI=1S/C29H51N3O14/c1-4-30-19(34)8-6-5-7-18(33)13-17(27(42)32-10-12-44-29-26(41)24(39)22(37)16(3)46-29)14-20(35)31-9-11-43-28-25(40)23(38)21(36)15(2)45-28/h15-17,21-26,28-29,36-41H,4-14H2,1-3H3,(H,30,34)(H,31,35)(H,32,42)/t15-,16-,17-,21+,22+,23+,24+,25-,26-,28+,29+/m0/s1. The summed E-state index contributed by atoms with van der Waals surface area (Å²) >= 11 is 0. The van der Waals surface area contributed by atoms with E-state index in [2.05, 4.69) is 16.0 Å². The van der Waals surface area contributed by atoms with Crippen LogP contribution in [-0.4, -0.2) is 148 Å². The van der Waals surface area contributed by atoms with Crippen LogP contribution in [-0.2, 0) is 38.1 Å². The quantitative estimate of drug-likeness (QED) is 0.0609. The van der Waals surface area contributed by atoms with Crippen molar-refractivity contribution in [3.8, 4) is 0 Å². The van der Waals surface area contributed by atoms with E-state index in [-0.39, 0.29) is 63.7 Å². The molecule has 0 bridgehead atoms. The molecule has 0 aromatic heterocycles. The molecule has 0 saturated carbocycles. The number of ether oxygens (including phenoxy) is 4. The zero-order chi connectivity index (χ0) is 34.4. The normalized spacial score (nSPS) is 31.9. The van der Waals surface area contributed by atoms with Crippen LogP contribution in [0, 0.1) is 5.92 Å². The maximum Gasteiger partial charge on any atom is 0.224 e. The number of amides is 3. The van der Waals surface area contributed by atoms with Crippen LogP contribution in [0.15, 0.2) is 0 Å². The second-order valence-electron chi connectivity index (χ2n) is 11.5. The number of hydrogen-bond donors (Lipinski definition) is 9. The molecule has 0 aliphatic carbocycles. The minimum Gasteiger partial charge on any atom is -0.388 e. The van der Waals surface area contributed by atoms with Crippen LogP contribution in [0.25, 0.3) is 0 Å². The molecule has 3 amide bonds. The molecule has 11 atom stereocenters. The van der Waals surface area contributed by atoms with Gasteiger partial charge in [0.05, 0.1) is 31.3 Å². The van der Waals surface area contributed by atoms with E-state index in [0.29, 0.717) is 19.4 Å². The van der Waals surface area contributed by atoms with E-state index in [9.17, 15) is 49.8 Å². The first-order valence-electron chi connectivity index (χ1n) is 15.7. The molecule has 0 radical (unpaired) electrons. The van der Waals surface area contributed by atoms with Gasteiger partial charge in [-0.3, -0.25) is 19.2 Å². The molecule has 0 aromatic carbocycles. The Morgan fingerprint density at radius 3 is 1.67 bits per heavy atom. The summed E-state index contributed by atoms with van der Waals surface area (Å²) in [5, 5.41) is 67.4. The number of nitrogens with one attached hydrogen (secondary N) is 3. The van der Waals surface area contributed by atoms with Crippen molar-refractivity contribution in [2.75, 3.05) is 32.8 Å². The average Bonchev–Trinajstić information content (AvgIpc) is 3.01. The number of hydrogen-bond acceptors (Lipinski definition) is 14. The fraction of sp³-hybridized carbons (Fsp3) is 0.862. The minimum atomic E-state index is -1.51. The molecule has 266 valence electrons. The molecule has 46 heavy (non-hydrogen) atoms. The van der Waals surface area contributed by atoms with Crippen molar-refractivity contribution in [3.05, 3.63) is 0 Å². The summed E-state index contributed by atoms with van der Waals surface area (Å²) in [5.41, 5.74) is 0. The third kappa shape index (κ3) is 12.7. The summed E-state index contributed by atoms with van der Waals surface area (Å²) in [6.45, 7) is 4.93. The van der Waals surface area contributed by atoms with Crippen LogP contribution >= 0.6 is 0 Å². The summed E-state index contributed by atoms with van der Waals surface area (Å²) in [5.74, 6) is -2.57. The van der Waals surface area contributed by atoms with Gasteiger partial charge < -0.3 is 65.5 Å². The average molecular weight is 666 g/mol. The van der Waals surface area contributed by atoms with Gasteiger partial charge in [-0.2, -0.15) is 0 Å². The maximum atomic E-state index is 13.0. The van der Waals surface area contributed by atoms with Crippen LogP contribution in [0.5, 0.6) is 0 Å². The Bertz CT molecular complexity index is 973. The maximum absolute atomic E-state index is 13.0. The Balaban J connectivity index is 1.85. The Labute approximate surface area is 267 Å². The SMILES string of the molecule is CCNC(=O)CCCCC(=O)C[C@@H](CC(=O)NCCO[C@@H]1O[C@@H](C)[C@@H](O)[C@@H](O)[C@@H]1O)C(=O)NCCO[C@@H]1O[C@@H](C)[C@@H](O)[C@@H](O)[C@@H]1O. The number of ketones is 1. The summed E-state index contributed by atoms with van der Waals surface area (Å²) in [4.78, 5) is 50.0. The first kappa shape index (κ1) is 39.9. The van der Waals surface area contributed by atoms with Crippen LogP contribution in [0.1, 0.15) is 59.3 Å². The lowest BCUT2D eigenvalue weighted by atomic mass is 9.95. The minimum absolute atomic E-state index is 0.0446. The molecular weight excluding hydrogens is 614 g/mol. The Morgan fingerprint density at radius 1 is 0.652 bits per heavy atom. The topological polar surface area (TPSA) is 263 Å². The van der Waals surface area contributed by atoms with E-state index in [4.69, 9.17) is 18.9 Å². The number of carbonyl (C=O) groups is 4. The van der Waals surface area contributed by atoms with E-state index in [1.54, 1.807) is 6.92 Å². The summed E-state index contributed by atoms with van der Waals surface area (Å²) in [6.07, 6.45) is -11.9. The van der Waals surface area contributed by atoms with Crippen molar-refractivity contribution < 1.29 is 68.8 Å². The van der Waals surface area contributed by atoms with Gasteiger partial charge in [-0.05, 0) is 33.6 Å². The largest absolute Gasteiger partial charge is 0.388 e. The van der Waals surface area contributed by atoms with Crippen molar-refractivity contribution in [3.63, 3.8) is 0 Å². The highest BCUT2D eigenvalue weighted by atomic mass is 16.7. The van der Waals surface area contributed by atoms with Gasteiger partial charge in [-0.25, -0.2) is 0 Å². The second-order valence-corrected chi connectivity index (χ2v) is 11.5. The lowest BCUT2D eigenvalue weighted by Crippen LogP contribution is -2.57. The fourth-order valence-corrected chi connectivity index (χ4v) is 4.99. The highest BCUT2D eigenvalue weighted by molar-refractivity contribution is 5.90. The van der Waals surface area contributed by atoms with E-state index in [0.717, 1.165) is 0 Å². The third-order valence-corrected chi connectivity index (χ3v) is 7.77. The predicted molar refractivity (Wildman–Crippen MR) is 158 cm³/mol. The lowest BCUT2D eigenvalue weighted by molar-refractivity contribution is -0.292. The van der Waals surface area contributed by atoms with Crippen molar-refractivity contribution in [1.29, 1.82) is 0 Å². The van der Waals surface area contributed by atoms with Gasteiger partial charge in [0.15, 0.2) is 12.6 Å². The molecule has 2 heterocycles. The molecule has 0 unspecified atom stereocenters. The fourth-order valence-electron chi connectivity index (χ4n) is 4.99. The molecule has 2 rings (SSSR count). The Morgan fingerprint density at radius 2 is 1.15 bits per heavy atom. The van der Waals surface area contributed by atoms with Crippen molar-refractivity contribution in [1.82, 2.24) is 16.0 Å². The highest BCUT2D eigenvalue weighted by Gasteiger charge is 2.43. The second kappa shape index (κ2) is 20.1. The number of aliphatic hydroxyl groups is 6. The van der Waals surface area contributed by atoms with Gasteiger partial charge in [0, 0.05) is 45.3 Å². The molecule has 9 N–H and O–H groups in total. The number of aliphatic hydroxyl groups excluding tert-OH is 6. The van der Waals surface area contributed by atoms with Crippen molar-refractivity contribution in [2.24, 2.45) is 5.92 Å². The summed E-state index contributed by atoms with van der Waals surface area (Å²) in [6, 6.07) is 0. The number of Topliss-reactive ketones (excluding diaryl/α,β-unsaturated/α-hetero) is 1. The lowest BCUT2D eigenvalue weighted by Gasteiger charge is -2.38. The van der Waals surface area contributed by atoms with Gasteiger partial charge in [-0.15, -0.1) is 0 Å². The first-order valence-corrected chi connectivity index (χ1v) is 15.7. The number of rotatable bonds is 19. The monoisotopic (exact) mass is 665 g/mol. The van der Waals surface area contributed by atoms with Gasteiger partial charge in [0.1, 0.15) is 42.4 Å². The molecule has 2 saturated heterocycles. The highest BCUT2D eigenvalue weighted by Crippen LogP contribution is 2.23. The van der Waals surface area contributed by atoms with Gasteiger partial charge >= 0.3 is 0 Å². The zero-order valence-electron chi connectivity index (χ0n) is 26.6. The van der Waals surface area contributed by atoms with Gasteiger partial charge in [-0.1, -0.05) is 0 Å².